The van der Waals surface area contributed by atoms with Crippen molar-refractivity contribution in [3.63, 3.8) is 0 Å². The second-order valence-electron chi connectivity index (χ2n) is 2.64. The topological polar surface area (TPSA) is 50.4 Å². The number of carboxylic acids is 1. The van der Waals surface area contributed by atoms with Gasteiger partial charge in [-0.2, -0.15) is 0 Å². The monoisotopic (exact) mass is 188 g/mol. The fourth-order valence-electron chi connectivity index (χ4n) is 0.956. The smallest absolute Gasteiger partial charge is 0.304 e. The molecule has 0 aliphatic rings. The summed E-state index contributed by atoms with van der Waals surface area (Å²) in [6.45, 7) is 1.78. The normalized spacial score (nSPS) is 12.8. The van der Waals surface area contributed by atoms with Gasteiger partial charge in [-0.15, -0.1) is 0 Å². The first kappa shape index (κ1) is 9.13. The van der Waals surface area contributed by atoms with Crippen LogP contribution < -0.4 is 0 Å². The molecule has 1 N–H and O–H groups in total. The fourth-order valence-corrected chi connectivity index (χ4v) is 1.11. The van der Waals surface area contributed by atoms with Gasteiger partial charge < -0.3 is 9.52 Å². The van der Waals surface area contributed by atoms with Gasteiger partial charge >= 0.3 is 5.97 Å². The molecular formula is C8H9ClO3. The first-order chi connectivity index (χ1) is 5.59. The van der Waals surface area contributed by atoms with Crippen molar-refractivity contribution in [2.45, 2.75) is 19.3 Å². The van der Waals surface area contributed by atoms with E-state index in [1.807, 2.05) is 0 Å². The summed E-state index contributed by atoms with van der Waals surface area (Å²) in [4.78, 5) is 10.3. The van der Waals surface area contributed by atoms with Crippen LogP contribution in [0.15, 0.2) is 16.5 Å². The molecular weight excluding hydrogens is 180 g/mol. The number of carboxylic acid groups (broad SMARTS) is 1. The van der Waals surface area contributed by atoms with E-state index in [4.69, 9.17) is 21.1 Å². The van der Waals surface area contributed by atoms with Gasteiger partial charge in [-0.05, 0) is 23.7 Å². The third kappa shape index (κ3) is 2.27. The number of furan rings is 1. The molecule has 1 unspecified atom stereocenters. The minimum atomic E-state index is -0.838. The Hall–Kier alpha value is -0.960. The van der Waals surface area contributed by atoms with Crippen molar-refractivity contribution in [2.24, 2.45) is 0 Å². The lowest BCUT2D eigenvalue weighted by Crippen LogP contribution is -2.01. The lowest BCUT2D eigenvalue weighted by molar-refractivity contribution is -0.137. The number of hydrogen-bond acceptors (Lipinski definition) is 2. The van der Waals surface area contributed by atoms with Gasteiger partial charge in [0.05, 0.1) is 6.42 Å². The highest BCUT2D eigenvalue weighted by Crippen LogP contribution is 2.23. The first-order valence-corrected chi connectivity index (χ1v) is 3.94. The predicted octanol–water partition coefficient (Wildman–Crippen LogP) is 2.51. The van der Waals surface area contributed by atoms with Crippen LogP contribution in [0.1, 0.15) is 25.0 Å². The Labute approximate surface area is 74.9 Å². The van der Waals surface area contributed by atoms with Crippen LogP contribution in [0.4, 0.5) is 0 Å². The highest BCUT2D eigenvalue weighted by atomic mass is 35.5. The van der Waals surface area contributed by atoms with Crippen molar-refractivity contribution in [1.29, 1.82) is 0 Å². The summed E-state index contributed by atoms with van der Waals surface area (Å²) in [5.74, 6) is -0.354. The zero-order valence-electron chi connectivity index (χ0n) is 6.58. The maximum Gasteiger partial charge on any atom is 0.304 e. The number of halogens is 1. The Morgan fingerprint density at radius 2 is 2.42 bits per heavy atom. The zero-order valence-corrected chi connectivity index (χ0v) is 7.34. The SMILES string of the molecule is CC(CC(=O)O)c1ccc(Cl)o1. The molecule has 1 heterocycles. The van der Waals surface area contributed by atoms with Crippen LogP contribution in [0.25, 0.3) is 0 Å². The Morgan fingerprint density at radius 1 is 1.75 bits per heavy atom. The Balaban J connectivity index is 2.64. The van der Waals surface area contributed by atoms with Crippen LogP contribution in [-0.2, 0) is 4.79 Å². The van der Waals surface area contributed by atoms with Crippen LogP contribution in [0.2, 0.25) is 5.22 Å². The van der Waals surface area contributed by atoms with Crippen LogP contribution in [0.5, 0.6) is 0 Å². The third-order valence-electron chi connectivity index (χ3n) is 1.56. The van der Waals surface area contributed by atoms with Crippen LogP contribution in [0.3, 0.4) is 0 Å². The molecule has 0 spiro atoms. The average molecular weight is 189 g/mol. The van der Waals surface area contributed by atoms with E-state index in [-0.39, 0.29) is 12.3 Å². The molecule has 12 heavy (non-hydrogen) atoms. The Kier molecular flexibility index (Phi) is 2.76. The molecule has 1 atom stereocenters. The minimum Gasteiger partial charge on any atom is -0.481 e. The van der Waals surface area contributed by atoms with Gasteiger partial charge in [0, 0.05) is 5.92 Å². The number of rotatable bonds is 3. The van der Waals surface area contributed by atoms with E-state index in [0.29, 0.717) is 11.0 Å². The van der Waals surface area contributed by atoms with Gasteiger partial charge in [-0.3, -0.25) is 4.79 Å². The van der Waals surface area contributed by atoms with Crippen LogP contribution in [0, 0.1) is 0 Å². The highest BCUT2D eigenvalue weighted by Gasteiger charge is 2.13. The van der Waals surface area contributed by atoms with E-state index >= 15 is 0 Å². The van der Waals surface area contributed by atoms with Gasteiger partial charge in [-0.25, -0.2) is 0 Å². The molecule has 1 rings (SSSR count). The summed E-state index contributed by atoms with van der Waals surface area (Å²) in [7, 11) is 0. The molecule has 0 saturated carbocycles. The predicted molar refractivity (Wildman–Crippen MR) is 44.4 cm³/mol. The Morgan fingerprint density at radius 3 is 2.83 bits per heavy atom. The minimum absolute atomic E-state index is 0.0594. The van der Waals surface area contributed by atoms with Crippen LogP contribution >= 0.6 is 11.6 Å². The average Bonchev–Trinajstić information content (AvgIpc) is 2.34. The van der Waals surface area contributed by atoms with E-state index in [0.717, 1.165) is 0 Å². The molecule has 66 valence electrons. The van der Waals surface area contributed by atoms with Crippen molar-refractivity contribution < 1.29 is 14.3 Å². The van der Waals surface area contributed by atoms with E-state index in [9.17, 15) is 4.79 Å². The van der Waals surface area contributed by atoms with Crippen molar-refractivity contribution in [1.82, 2.24) is 0 Å². The molecule has 0 fully saturated rings. The quantitative estimate of drug-likeness (QED) is 0.793. The van der Waals surface area contributed by atoms with E-state index < -0.39 is 5.97 Å². The molecule has 0 aromatic carbocycles. The summed E-state index contributed by atoms with van der Waals surface area (Å²) in [6, 6.07) is 3.30. The summed E-state index contributed by atoms with van der Waals surface area (Å²) in [6.07, 6.45) is 0.0594. The second kappa shape index (κ2) is 3.63. The van der Waals surface area contributed by atoms with E-state index in [1.165, 1.54) is 0 Å². The zero-order chi connectivity index (χ0) is 9.14. The highest BCUT2D eigenvalue weighted by molar-refractivity contribution is 6.28. The molecule has 0 radical (unpaired) electrons. The van der Waals surface area contributed by atoms with Gasteiger partial charge in [-0.1, -0.05) is 6.92 Å². The number of hydrogen-bond donors (Lipinski definition) is 1. The van der Waals surface area contributed by atoms with Gasteiger partial charge in [0.25, 0.3) is 0 Å². The molecule has 1 aromatic heterocycles. The standard InChI is InChI=1S/C8H9ClO3/c1-5(4-8(10)11)6-2-3-7(9)12-6/h2-3,5H,4H2,1H3,(H,10,11). The third-order valence-corrected chi connectivity index (χ3v) is 1.76. The summed E-state index contributed by atoms with van der Waals surface area (Å²) in [5.41, 5.74) is 0. The van der Waals surface area contributed by atoms with Crippen LogP contribution in [-0.4, -0.2) is 11.1 Å². The maximum atomic E-state index is 10.3. The maximum absolute atomic E-state index is 10.3. The van der Waals surface area contributed by atoms with Crippen molar-refractivity contribution in [3.8, 4) is 0 Å². The molecule has 0 aliphatic carbocycles. The lowest BCUT2D eigenvalue weighted by Gasteiger charge is -2.02. The first-order valence-electron chi connectivity index (χ1n) is 3.56. The molecule has 4 heteroatoms. The van der Waals surface area contributed by atoms with Gasteiger partial charge in [0.1, 0.15) is 5.76 Å². The molecule has 0 saturated heterocycles. The molecule has 0 amide bonds. The number of aliphatic carboxylic acids is 1. The number of carbonyl (C=O) groups is 1. The molecule has 0 aliphatic heterocycles. The summed E-state index contributed by atoms with van der Waals surface area (Å²) < 4.78 is 5.05. The van der Waals surface area contributed by atoms with Crippen molar-refractivity contribution in [2.75, 3.05) is 0 Å². The lowest BCUT2D eigenvalue weighted by atomic mass is 10.1. The van der Waals surface area contributed by atoms with E-state index in [2.05, 4.69) is 0 Å². The second-order valence-corrected chi connectivity index (χ2v) is 3.01. The summed E-state index contributed by atoms with van der Waals surface area (Å²) in [5, 5.41) is 8.77. The van der Waals surface area contributed by atoms with Crippen molar-refractivity contribution >= 4 is 17.6 Å². The molecule has 1 aromatic rings. The van der Waals surface area contributed by atoms with Crippen molar-refractivity contribution in [3.05, 3.63) is 23.1 Å². The van der Waals surface area contributed by atoms with Gasteiger partial charge in [0.2, 0.25) is 0 Å². The summed E-state index contributed by atoms with van der Waals surface area (Å²) >= 11 is 5.53. The largest absolute Gasteiger partial charge is 0.481 e. The molecule has 0 bridgehead atoms. The fraction of sp³-hybridized carbons (Fsp3) is 0.375. The van der Waals surface area contributed by atoms with Gasteiger partial charge in [0.15, 0.2) is 5.22 Å². The van der Waals surface area contributed by atoms with E-state index in [1.54, 1.807) is 19.1 Å². The Bertz CT molecular complexity index is 280. The molecule has 3 nitrogen and oxygen atoms in total.